The van der Waals surface area contributed by atoms with Gasteiger partial charge in [-0.2, -0.15) is 31.4 Å². The first kappa shape index (κ1) is 30.9. The van der Waals surface area contributed by atoms with E-state index in [0.29, 0.717) is 5.92 Å². The van der Waals surface area contributed by atoms with Crippen molar-refractivity contribution < 1.29 is 51.3 Å². The molecule has 0 aliphatic carbocycles. The summed E-state index contributed by atoms with van der Waals surface area (Å²) in [6.07, 6.45) is -2.90. The SMILES string of the molecule is Cc1ccn(CCN2CCC(C(O)c3nccn3C)CC2)n1.O=C(O)C(F)(F)F.O=C(O)C(F)(F)F. The zero-order chi connectivity index (χ0) is 27.7. The standard InChI is InChI=1S/C16H25N5O.2C2HF3O2/c1-13-3-9-21(18-13)12-11-20-7-4-14(5-8-20)15(22)16-17-6-10-19(16)2;2*3-2(4,5)1(6)7/h3,6,9-10,14-15,22H,4-5,7-8,11-12H2,1-2H3;2*(H,6,7). The minimum absolute atomic E-state index is 0.310. The van der Waals surface area contributed by atoms with Gasteiger partial charge in [0.25, 0.3) is 0 Å². The van der Waals surface area contributed by atoms with Crippen LogP contribution in [0.1, 0.15) is 30.5 Å². The minimum atomic E-state index is -5.08. The van der Waals surface area contributed by atoms with Crippen molar-refractivity contribution in [2.45, 2.75) is 44.8 Å². The van der Waals surface area contributed by atoms with Crippen LogP contribution >= 0.6 is 0 Å². The minimum Gasteiger partial charge on any atom is -0.475 e. The van der Waals surface area contributed by atoms with Crippen molar-refractivity contribution in [2.24, 2.45) is 13.0 Å². The van der Waals surface area contributed by atoms with E-state index in [1.165, 1.54) is 0 Å². The molecule has 1 unspecified atom stereocenters. The molecule has 3 heterocycles. The molecule has 1 fully saturated rings. The molecule has 0 bridgehead atoms. The molecule has 3 rings (SSSR count). The third kappa shape index (κ3) is 10.6. The molecule has 2 aromatic rings. The lowest BCUT2D eigenvalue weighted by molar-refractivity contribution is -0.193. The molecule has 1 atom stereocenters. The Morgan fingerprint density at radius 2 is 1.53 bits per heavy atom. The largest absolute Gasteiger partial charge is 0.490 e. The van der Waals surface area contributed by atoms with Crippen molar-refractivity contribution in [2.75, 3.05) is 19.6 Å². The number of aliphatic hydroxyl groups excluding tert-OH is 1. The summed E-state index contributed by atoms with van der Waals surface area (Å²) in [5.41, 5.74) is 1.07. The van der Waals surface area contributed by atoms with Gasteiger partial charge in [0.2, 0.25) is 0 Å². The summed E-state index contributed by atoms with van der Waals surface area (Å²) in [6.45, 7) is 6.03. The van der Waals surface area contributed by atoms with E-state index >= 15 is 0 Å². The second-order valence-electron chi connectivity index (χ2n) is 7.85. The normalized spacial score (nSPS) is 15.8. The zero-order valence-electron chi connectivity index (χ0n) is 19.4. The lowest BCUT2D eigenvalue weighted by Crippen LogP contribution is -2.37. The Kier molecular flexibility index (Phi) is 11.4. The highest BCUT2D eigenvalue weighted by atomic mass is 19.4. The van der Waals surface area contributed by atoms with Crippen LogP contribution in [0, 0.1) is 12.8 Å². The first-order valence-electron chi connectivity index (χ1n) is 10.5. The van der Waals surface area contributed by atoms with Crippen LogP contribution in [0.25, 0.3) is 0 Å². The van der Waals surface area contributed by atoms with E-state index in [-0.39, 0.29) is 0 Å². The average Bonchev–Trinajstić information content (AvgIpc) is 3.39. The first-order chi connectivity index (χ1) is 16.5. The van der Waals surface area contributed by atoms with E-state index in [2.05, 4.69) is 15.0 Å². The first-order valence-corrected chi connectivity index (χ1v) is 10.5. The van der Waals surface area contributed by atoms with Crippen molar-refractivity contribution in [1.82, 2.24) is 24.2 Å². The molecule has 0 saturated carbocycles. The molecule has 0 spiro atoms. The topological polar surface area (TPSA) is 134 Å². The number of aliphatic hydroxyl groups is 1. The summed E-state index contributed by atoms with van der Waals surface area (Å²) in [5.74, 6) is -4.42. The fourth-order valence-electron chi connectivity index (χ4n) is 3.20. The van der Waals surface area contributed by atoms with Gasteiger partial charge >= 0.3 is 24.3 Å². The molecule has 10 nitrogen and oxygen atoms in total. The Labute approximate surface area is 201 Å². The molecular weight excluding hydrogens is 504 g/mol. The van der Waals surface area contributed by atoms with Crippen LogP contribution in [-0.4, -0.2) is 83.5 Å². The van der Waals surface area contributed by atoms with E-state index in [0.717, 1.165) is 50.5 Å². The molecule has 36 heavy (non-hydrogen) atoms. The van der Waals surface area contributed by atoms with E-state index in [1.807, 2.05) is 41.7 Å². The van der Waals surface area contributed by atoms with E-state index in [4.69, 9.17) is 19.8 Å². The number of carboxylic acids is 2. The number of piperidine rings is 1. The molecule has 3 N–H and O–H groups in total. The van der Waals surface area contributed by atoms with E-state index in [9.17, 15) is 31.4 Å². The molecule has 0 aromatic carbocycles. The lowest BCUT2D eigenvalue weighted by Gasteiger charge is -2.33. The second-order valence-corrected chi connectivity index (χ2v) is 7.85. The van der Waals surface area contributed by atoms with Gasteiger partial charge in [0, 0.05) is 32.2 Å². The molecule has 0 amide bonds. The number of imidazole rings is 1. The van der Waals surface area contributed by atoms with Gasteiger partial charge in [-0.1, -0.05) is 0 Å². The van der Waals surface area contributed by atoms with Crippen molar-refractivity contribution >= 4 is 11.9 Å². The maximum absolute atomic E-state index is 10.6. The number of rotatable bonds is 5. The van der Waals surface area contributed by atoms with Gasteiger partial charge in [0.1, 0.15) is 11.9 Å². The Morgan fingerprint density at radius 3 is 1.89 bits per heavy atom. The van der Waals surface area contributed by atoms with E-state index < -0.39 is 30.4 Å². The Hall–Kier alpha value is -3.14. The predicted octanol–water partition coefficient (Wildman–Crippen LogP) is 2.64. The molecule has 204 valence electrons. The van der Waals surface area contributed by atoms with Crippen LogP contribution in [0.15, 0.2) is 24.7 Å². The lowest BCUT2D eigenvalue weighted by atomic mass is 9.91. The van der Waals surface area contributed by atoms with Gasteiger partial charge in [0.15, 0.2) is 0 Å². The third-order valence-electron chi connectivity index (χ3n) is 5.11. The van der Waals surface area contributed by atoms with Crippen LogP contribution in [0.4, 0.5) is 26.3 Å². The highest BCUT2D eigenvalue weighted by molar-refractivity contribution is 5.73. The highest BCUT2D eigenvalue weighted by Crippen LogP contribution is 2.29. The number of nitrogens with zero attached hydrogens (tertiary/aromatic N) is 5. The number of carbonyl (C=O) groups is 2. The number of halogens is 6. The Morgan fingerprint density at radius 1 is 1.03 bits per heavy atom. The number of aliphatic carboxylic acids is 2. The molecule has 16 heteroatoms. The number of aryl methyl sites for hydroxylation is 2. The van der Waals surface area contributed by atoms with Crippen molar-refractivity contribution in [3.63, 3.8) is 0 Å². The van der Waals surface area contributed by atoms with Gasteiger partial charge in [-0.3, -0.25) is 4.68 Å². The van der Waals surface area contributed by atoms with Gasteiger partial charge < -0.3 is 24.8 Å². The third-order valence-corrected chi connectivity index (χ3v) is 5.11. The monoisotopic (exact) mass is 531 g/mol. The molecule has 1 aliphatic rings. The summed E-state index contributed by atoms with van der Waals surface area (Å²) in [5, 5.41) is 29.2. The number of aromatic nitrogens is 4. The molecule has 2 aromatic heterocycles. The molecule has 1 saturated heterocycles. The van der Waals surface area contributed by atoms with Crippen molar-refractivity contribution in [3.8, 4) is 0 Å². The summed E-state index contributed by atoms with van der Waals surface area (Å²) >= 11 is 0. The number of alkyl halides is 6. The number of likely N-dealkylation sites (tertiary alicyclic amines) is 1. The molecular formula is C20H27F6N5O5. The van der Waals surface area contributed by atoms with Crippen LogP contribution in [0.3, 0.4) is 0 Å². The summed E-state index contributed by atoms with van der Waals surface area (Å²) in [4.78, 5) is 24.5. The highest BCUT2D eigenvalue weighted by Gasteiger charge is 2.38. The van der Waals surface area contributed by atoms with Gasteiger partial charge in [-0.25, -0.2) is 14.6 Å². The molecule has 0 radical (unpaired) electrons. The summed E-state index contributed by atoms with van der Waals surface area (Å²) in [7, 11) is 1.94. The van der Waals surface area contributed by atoms with Crippen LogP contribution in [0.5, 0.6) is 0 Å². The maximum atomic E-state index is 10.6. The number of hydrogen-bond donors (Lipinski definition) is 3. The van der Waals surface area contributed by atoms with Crippen molar-refractivity contribution in [3.05, 3.63) is 36.2 Å². The maximum Gasteiger partial charge on any atom is 0.490 e. The zero-order valence-corrected chi connectivity index (χ0v) is 19.4. The number of hydrogen-bond acceptors (Lipinski definition) is 6. The fraction of sp³-hybridized carbons (Fsp3) is 0.600. The van der Waals surface area contributed by atoms with Crippen molar-refractivity contribution in [1.29, 1.82) is 0 Å². The van der Waals surface area contributed by atoms with Crippen LogP contribution in [-0.2, 0) is 23.2 Å². The Bertz CT molecular complexity index is 943. The van der Waals surface area contributed by atoms with Gasteiger partial charge in [-0.05, 0) is 44.8 Å². The summed E-state index contributed by atoms with van der Waals surface area (Å²) in [6, 6.07) is 2.04. The Balaban J connectivity index is 0.000000383. The van der Waals surface area contributed by atoms with Crippen LogP contribution < -0.4 is 0 Å². The second kappa shape index (κ2) is 13.2. The van der Waals surface area contributed by atoms with E-state index in [1.54, 1.807) is 6.20 Å². The average molecular weight is 531 g/mol. The smallest absolute Gasteiger partial charge is 0.475 e. The van der Waals surface area contributed by atoms with Gasteiger partial charge in [-0.15, -0.1) is 0 Å². The fourth-order valence-corrected chi connectivity index (χ4v) is 3.20. The summed E-state index contributed by atoms with van der Waals surface area (Å²) < 4.78 is 67.4. The predicted molar refractivity (Wildman–Crippen MR) is 112 cm³/mol. The molecule has 1 aliphatic heterocycles. The van der Waals surface area contributed by atoms with Crippen LogP contribution in [0.2, 0.25) is 0 Å². The quantitative estimate of drug-likeness (QED) is 0.502. The number of carboxylic acid groups (broad SMARTS) is 2. The van der Waals surface area contributed by atoms with Gasteiger partial charge in [0.05, 0.1) is 12.2 Å².